The van der Waals surface area contributed by atoms with Crippen molar-refractivity contribution >= 4 is 17.5 Å². The molecule has 1 fully saturated rings. The van der Waals surface area contributed by atoms with E-state index in [0.717, 1.165) is 23.3 Å². The maximum atomic E-state index is 14.0. The fraction of sp³-hybridized carbons (Fsp3) is 0.500. The first-order valence-corrected chi connectivity index (χ1v) is 11.5. The van der Waals surface area contributed by atoms with Gasteiger partial charge < -0.3 is 19.9 Å². The number of carbonyl (C=O) groups is 1. The molecule has 0 atom stereocenters. The number of carbonyl (C=O) groups excluding carboxylic acids is 1. The van der Waals surface area contributed by atoms with Gasteiger partial charge in [0.2, 0.25) is 5.91 Å². The van der Waals surface area contributed by atoms with Crippen molar-refractivity contribution in [2.75, 3.05) is 29.9 Å². The van der Waals surface area contributed by atoms with E-state index in [9.17, 15) is 13.6 Å². The third kappa shape index (κ3) is 5.35. The summed E-state index contributed by atoms with van der Waals surface area (Å²) in [5.74, 6) is -0.0480. The van der Waals surface area contributed by atoms with Crippen LogP contribution < -0.4 is 15.0 Å². The minimum Gasteiger partial charge on any atom is -0.487 e. The van der Waals surface area contributed by atoms with E-state index in [4.69, 9.17) is 20.0 Å². The zero-order valence-corrected chi connectivity index (χ0v) is 19.4. The second kappa shape index (κ2) is 10.2. The molecule has 8 nitrogen and oxygen atoms in total. The van der Waals surface area contributed by atoms with Gasteiger partial charge in [0, 0.05) is 51.0 Å². The van der Waals surface area contributed by atoms with Gasteiger partial charge in [-0.3, -0.25) is 4.79 Å². The van der Waals surface area contributed by atoms with E-state index in [0.29, 0.717) is 51.3 Å². The average Bonchev–Trinajstić information content (AvgIpc) is 2.80. The molecule has 2 aliphatic heterocycles. The molecule has 1 N–H and O–H groups in total. The number of hydrogen-bond donors (Lipinski definition) is 1. The van der Waals surface area contributed by atoms with E-state index < -0.39 is 11.6 Å². The maximum Gasteiger partial charge on any atom is 0.237 e. The van der Waals surface area contributed by atoms with Crippen LogP contribution in [0, 0.1) is 23.0 Å². The first-order chi connectivity index (χ1) is 16.3. The summed E-state index contributed by atoms with van der Waals surface area (Å²) in [5, 5.41) is 12.2. The Morgan fingerprint density at radius 3 is 2.68 bits per heavy atom. The van der Waals surface area contributed by atoms with E-state index in [1.165, 1.54) is 12.1 Å². The van der Waals surface area contributed by atoms with Crippen LogP contribution in [0.1, 0.15) is 44.5 Å². The minimum atomic E-state index is -0.700. The molecule has 2 aliphatic rings. The van der Waals surface area contributed by atoms with Gasteiger partial charge in [-0.1, -0.05) is 0 Å². The third-order valence-electron chi connectivity index (χ3n) is 5.93. The molecule has 34 heavy (non-hydrogen) atoms. The van der Waals surface area contributed by atoms with Crippen LogP contribution in [0.3, 0.4) is 0 Å². The lowest BCUT2D eigenvalue weighted by molar-refractivity contribution is -0.131. The number of hydrogen-bond acceptors (Lipinski definition) is 7. The van der Waals surface area contributed by atoms with Crippen LogP contribution in [0.2, 0.25) is 0 Å². The van der Waals surface area contributed by atoms with Crippen molar-refractivity contribution in [3.8, 4) is 11.8 Å². The van der Waals surface area contributed by atoms with Gasteiger partial charge in [-0.2, -0.15) is 5.26 Å². The molecule has 0 unspecified atom stereocenters. The molecule has 1 aromatic heterocycles. The second-order valence-corrected chi connectivity index (χ2v) is 8.87. The third-order valence-corrected chi connectivity index (χ3v) is 5.93. The highest BCUT2D eigenvalue weighted by Gasteiger charge is 2.29. The Bertz CT molecular complexity index is 1100. The quantitative estimate of drug-likeness (QED) is 0.691. The summed E-state index contributed by atoms with van der Waals surface area (Å²) in [5.41, 5.74) is 1.60. The van der Waals surface area contributed by atoms with Gasteiger partial charge in [-0.25, -0.2) is 18.7 Å². The fourth-order valence-corrected chi connectivity index (χ4v) is 4.24. The number of amides is 1. The lowest BCUT2D eigenvalue weighted by Crippen LogP contribution is -2.41. The van der Waals surface area contributed by atoms with Crippen molar-refractivity contribution in [3.63, 3.8) is 0 Å². The molecule has 0 bridgehead atoms. The van der Waals surface area contributed by atoms with Crippen molar-refractivity contribution in [3.05, 3.63) is 41.2 Å². The Morgan fingerprint density at radius 2 is 2.00 bits per heavy atom. The monoisotopic (exact) mass is 470 g/mol. The first-order valence-electron chi connectivity index (χ1n) is 11.5. The Balaban J connectivity index is 1.48. The van der Waals surface area contributed by atoms with Crippen LogP contribution in [-0.2, 0) is 17.8 Å². The predicted molar refractivity (Wildman–Crippen MR) is 122 cm³/mol. The van der Waals surface area contributed by atoms with Crippen molar-refractivity contribution in [2.45, 2.75) is 58.2 Å². The van der Waals surface area contributed by atoms with Crippen LogP contribution in [-0.4, -0.2) is 52.6 Å². The Hall–Kier alpha value is -3.48. The predicted octanol–water partition coefficient (Wildman–Crippen LogP) is 3.42. The van der Waals surface area contributed by atoms with Gasteiger partial charge in [0.1, 0.15) is 18.3 Å². The molecule has 0 aliphatic carbocycles. The average molecular weight is 471 g/mol. The van der Waals surface area contributed by atoms with Gasteiger partial charge in [-0.15, -0.1) is 0 Å². The Labute approximate surface area is 197 Å². The number of benzene rings is 1. The lowest BCUT2D eigenvalue weighted by atomic mass is 10.1. The second-order valence-electron chi connectivity index (χ2n) is 8.87. The first kappa shape index (κ1) is 23.7. The number of nitriles is 1. The van der Waals surface area contributed by atoms with E-state index in [1.54, 1.807) is 4.90 Å². The van der Waals surface area contributed by atoms with Gasteiger partial charge in [0.25, 0.3) is 0 Å². The standard InChI is InChI=1S/C24H28F2N6O2/c1-15(2)28-23-24(30-19-8-12-32(14-20(19)29-23)22(33)5-9-27)31-10-6-17(7-11-31)34-21-4-3-16(25)13-18(21)26/h3-4,13,15,17H,5-8,10-12,14H2,1-2H3,(H,28,29). The van der Waals surface area contributed by atoms with Crippen LogP contribution >= 0.6 is 0 Å². The molecule has 1 saturated heterocycles. The molecular weight excluding hydrogens is 442 g/mol. The molecule has 1 amide bonds. The summed E-state index contributed by atoms with van der Waals surface area (Å²) in [6.07, 6.45) is 1.58. The van der Waals surface area contributed by atoms with Gasteiger partial charge in [0.05, 0.1) is 24.0 Å². The molecular formula is C24H28F2N6O2. The number of aromatic nitrogens is 2. The molecule has 2 aromatic rings. The molecule has 1 aromatic carbocycles. The number of fused-ring (bicyclic) bond motifs is 1. The summed E-state index contributed by atoms with van der Waals surface area (Å²) in [6, 6.07) is 5.38. The number of rotatable bonds is 6. The van der Waals surface area contributed by atoms with Gasteiger partial charge >= 0.3 is 0 Å². The zero-order chi connectivity index (χ0) is 24.2. The van der Waals surface area contributed by atoms with Crippen LogP contribution in [0.4, 0.5) is 20.4 Å². The Kier molecular flexibility index (Phi) is 7.10. The van der Waals surface area contributed by atoms with E-state index >= 15 is 0 Å². The molecule has 3 heterocycles. The molecule has 0 saturated carbocycles. The SMILES string of the molecule is CC(C)Nc1nc2c(nc1N1CCC(Oc3ccc(F)cc3F)CC1)CCN(C(=O)CC#N)C2. The van der Waals surface area contributed by atoms with E-state index in [1.807, 2.05) is 19.9 Å². The lowest BCUT2D eigenvalue weighted by Gasteiger charge is -2.35. The molecule has 0 spiro atoms. The van der Waals surface area contributed by atoms with Crippen molar-refractivity contribution in [1.82, 2.24) is 14.9 Å². The van der Waals surface area contributed by atoms with Crippen LogP contribution in [0.15, 0.2) is 18.2 Å². The van der Waals surface area contributed by atoms with Crippen molar-refractivity contribution in [1.29, 1.82) is 5.26 Å². The highest BCUT2D eigenvalue weighted by Crippen LogP contribution is 2.30. The summed E-state index contributed by atoms with van der Waals surface area (Å²) in [6.45, 7) is 6.20. The number of piperidine rings is 1. The maximum absolute atomic E-state index is 14.0. The van der Waals surface area contributed by atoms with E-state index in [-0.39, 0.29) is 30.2 Å². The summed E-state index contributed by atoms with van der Waals surface area (Å²) in [7, 11) is 0. The number of ether oxygens (including phenoxy) is 1. The highest BCUT2D eigenvalue weighted by molar-refractivity contribution is 5.78. The molecule has 4 rings (SSSR count). The van der Waals surface area contributed by atoms with Gasteiger partial charge in [0.15, 0.2) is 23.2 Å². The molecule has 0 radical (unpaired) electrons. The summed E-state index contributed by atoms with van der Waals surface area (Å²) < 4.78 is 32.9. The highest BCUT2D eigenvalue weighted by atomic mass is 19.1. The smallest absolute Gasteiger partial charge is 0.237 e. The van der Waals surface area contributed by atoms with Crippen LogP contribution in [0.25, 0.3) is 0 Å². The zero-order valence-electron chi connectivity index (χ0n) is 19.4. The summed E-state index contributed by atoms with van der Waals surface area (Å²) >= 11 is 0. The van der Waals surface area contributed by atoms with E-state index in [2.05, 4.69) is 10.2 Å². The number of nitrogens with zero attached hydrogens (tertiary/aromatic N) is 5. The Morgan fingerprint density at radius 1 is 1.24 bits per heavy atom. The number of nitrogens with one attached hydrogen (secondary N) is 1. The number of anilines is 2. The largest absolute Gasteiger partial charge is 0.487 e. The number of halogens is 2. The fourth-order valence-electron chi connectivity index (χ4n) is 4.24. The van der Waals surface area contributed by atoms with Crippen molar-refractivity contribution < 1.29 is 18.3 Å². The van der Waals surface area contributed by atoms with Gasteiger partial charge in [-0.05, 0) is 26.0 Å². The minimum absolute atomic E-state index is 0.0612. The topological polar surface area (TPSA) is 94.4 Å². The summed E-state index contributed by atoms with van der Waals surface area (Å²) in [4.78, 5) is 25.7. The molecule has 180 valence electrons. The van der Waals surface area contributed by atoms with Crippen LogP contribution in [0.5, 0.6) is 5.75 Å². The van der Waals surface area contributed by atoms with Crippen molar-refractivity contribution in [2.24, 2.45) is 0 Å². The molecule has 10 heteroatoms. The normalized spacial score (nSPS) is 16.2.